The first-order chi connectivity index (χ1) is 15.1. The SMILES string of the molecule is COc1cc(/C=C/C(=O)Nc2ccccc2C(=O)NCc2ccccc2)cc(OC)c1. The lowest BCUT2D eigenvalue weighted by Crippen LogP contribution is -2.24. The Morgan fingerprint density at radius 3 is 2.19 bits per heavy atom. The Labute approximate surface area is 181 Å². The number of hydrogen-bond donors (Lipinski definition) is 2. The van der Waals surface area contributed by atoms with Crippen molar-refractivity contribution in [3.63, 3.8) is 0 Å². The van der Waals surface area contributed by atoms with Gasteiger partial charge in [-0.1, -0.05) is 42.5 Å². The molecule has 0 aliphatic heterocycles. The van der Waals surface area contributed by atoms with E-state index < -0.39 is 0 Å². The van der Waals surface area contributed by atoms with Gasteiger partial charge in [-0.25, -0.2) is 0 Å². The number of carbonyl (C=O) groups is 2. The molecule has 3 aromatic rings. The molecule has 0 aliphatic carbocycles. The minimum absolute atomic E-state index is 0.263. The molecule has 158 valence electrons. The molecule has 0 heterocycles. The fourth-order valence-corrected chi connectivity index (χ4v) is 2.94. The van der Waals surface area contributed by atoms with Crippen LogP contribution in [0.2, 0.25) is 0 Å². The Balaban J connectivity index is 1.68. The second-order valence-electron chi connectivity index (χ2n) is 6.68. The predicted molar refractivity (Wildman–Crippen MR) is 121 cm³/mol. The molecular formula is C25H24N2O4. The Bertz CT molecular complexity index is 1060. The van der Waals surface area contributed by atoms with Crippen molar-refractivity contribution in [1.82, 2.24) is 5.32 Å². The summed E-state index contributed by atoms with van der Waals surface area (Å²) in [4.78, 5) is 25.1. The summed E-state index contributed by atoms with van der Waals surface area (Å²) in [7, 11) is 3.13. The van der Waals surface area contributed by atoms with E-state index in [0.717, 1.165) is 11.1 Å². The number of amides is 2. The normalized spacial score (nSPS) is 10.5. The maximum atomic E-state index is 12.6. The summed E-state index contributed by atoms with van der Waals surface area (Å²) in [5, 5.41) is 5.64. The van der Waals surface area contributed by atoms with Gasteiger partial charge in [0, 0.05) is 18.7 Å². The van der Waals surface area contributed by atoms with E-state index in [-0.39, 0.29) is 11.8 Å². The standard InChI is InChI=1S/C25H24N2O4/c1-30-20-14-19(15-21(16-20)31-2)12-13-24(28)27-23-11-7-6-10-22(23)25(29)26-17-18-8-4-3-5-9-18/h3-16H,17H2,1-2H3,(H,26,29)(H,27,28)/b13-12+. The highest BCUT2D eigenvalue weighted by Crippen LogP contribution is 2.23. The van der Waals surface area contributed by atoms with Crippen LogP contribution in [-0.2, 0) is 11.3 Å². The maximum Gasteiger partial charge on any atom is 0.253 e. The Kier molecular flexibility index (Phi) is 7.43. The molecule has 6 heteroatoms. The van der Waals surface area contributed by atoms with Gasteiger partial charge in [0.2, 0.25) is 5.91 Å². The van der Waals surface area contributed by atoms with E-state index in [1.165, 1.54) is 6.08 Å². The zero-order valence-electron chi connectivity index (χ0n) is 17.4. The molecule has 0 aromatic heterocycles. The molecule has 31 heavy (non-hydrogen) atoms. The third kappa shape index (κ3) is 6.21. The third-order valence-electron chi connectivity index (χ3n) is 4.53. The van der Waals surface area contributed by atoms with Crippen LogP contribution in [0.3, 0.4) is 0 Å². The van der Waals surface area contributed by atoms with Crippen molar-refractivity contribution in [2.24, 2.45) is 0 Å². The molecule has 0 saturated carbocycles. The van der Waals surface area contributed by atoms with E-state index in [2.05, 4.69) is 10.6 Å². The van der Waals surface area contributed by atoms with Gasteiger partial charge in [0.05, 0.1) is 25.5 Å². The van der Waals surface area contributed by atoms with Crippen LogP contribution in [0.15, 0.2) is 78.9 Å². The van der Waals surface area contributed by atoms with Crippen LogP contribution in [-0.4, -0.2) is 26.0 Å². The third-order valence-corrected chi connectivity index (χ3v) is 4.53. The molecule has 0 atom stereocenters. The van der Waals surface area contributed by atoms with Crippen molar-refractivity contribution < 1.29 is 19.1 Å². The number of anilines is 1. The first-order valence-corrected chi connectivity index (χ1v) is 9.72. The number of ether oxygens (including phenoxy) is 2. The molecule has 0 saturated heterocycles. The fraction of sp³-hybridized carbons (Fsp3) is 0.120. The van der Waals surface area contributed by atoms with Crippen molar-refractivity contribution in [3.8, 4) is 11.5 Å². The minimum Gasteiger partial charge on any atom is -0.497 e. The molecule has 2 amide bonds. The van der Waals surface area contributed by atoms with Crippen LogP contribution in [0.5, 0.6) is 11.5 Å². The van der Waals surface area contributed by atoms with E-state index in [9.17, 15) is 9.59 Å². The van der Waals surface area contributed by atoms with E-state index in [4.69, 9.17) is 9.47 Å². The summed E-state index contributed by atoms with van der Waals surface area (Å²) in [5.41, 5.74) is 2.57. The van der Waals surface area contributed by atoms with Crippen molar-refractivity contribution >= 4 is 23.6 Å². The fourth-order valence-electron chi connectivity index (χ4n) is 2.94. The zero-order valence-corrected chi connectivity index (χ0v) is 17.4. The van der Waals surface area contributed by atoms with Crippen molar-refractivity contribution in [1.29, 1.82) is 0 Å². The van der Waals surface area contributed by atoms with Crippen LogP contribution < -0.4 is 20.1 Å². The number of rotatable bonds is 8. The van der Waals surface area contributed by atoms with Gasteiger partial charge < -0.3 is 20.1 Å². The van der Waals surface area contributed by atoms with Crippen LogP contribution in [0.1, 0.15) is 21.5 Å². The van der Waals surface area contributed by atoms with Crippen molar-refractivity contribution in [2.75, 3.05) is 19.5 Å². The lowest BCUT2D eigenvalue weighted by Gasteiger charge is -2.10. The Morgan fingerprint density at radius 2 is 1.52 bits per heavy atom. The summed E-state index contributed by atoms with van der Waals surface area (Å²) in [6.45, 7) is 0.402. The van der Waals surface area contributed by atoms with Crippen molar-refractivity contribution in [3.05, 3.63) is 95.6 Å². The summed E-state index contributed by atoms with van der Waals surface area (Å²) >= 11 is 0. The van der Waals surface area contributed by atoms with Crippen LogP contribution in [0.4, 0.5) is 5.69 Å². The van der Waals surface area contributed by atoms with E-state index >= 15 is 0 Å². The minimum atomic E-state index is -0.356. The highest BCUT2D eigenvalue weighted by atomic mass is 16.5. The average Bonchev–Trinajstić information content (AvgIpc) is 2.82. The smallest absolute Gasteiger partial charge is 0.253 e. The number of nitrogens with one attached hydrogen (secondary N) is 2. The Morgan fingerprint density at radius 1 is 0.871 bits per heavy atom. The molecule has 3 aromatic carbocycles. The van der Waals surface area contributed by atoms with Gasteiger partial charge in [-0.3, -0.25) is 9.59 Å². The molecule has 2 N–H and O–H groups in total. The second kappa shape index (κ2) is 10.6. The summed E-state index contributed by atoms with van der Waals surface area (Å²) in [6, 6.07) is 21.8. The molecule has 0 spiro atoms. The van der Waals surface area contributed by atoms with Gasteiger partial charge in [0.25, 0.3) is 5.91 Å². The van der Waals surface area contributed by atoms with Crippen molar-refractivity contribution in [2.45, 2.75) is 6.54 Å². The van der Waals surface area contributed by atoms with Gasteiger partial charge in [-0.15, -0.1) is 0 Å². The largest absolute Gasteiger partial charge is 0.497 e. The van der Waals surface area contributed by atoms with Gasteiger partial charge in [0.15, 0.2) is 0 Å². The Hall–Kier alpha value is -4.06. The van der Waals surface area contributed by atoms with Gasteiger partial charge in [-0.2, -0.15) is 0 Å². The zero-order chi connectivity index (χ0) is 22.1. The van der Waals surface area contributed by atoms with E-state index in [1.807, 2.05) is 30.3 Å². The van der Waals surface area contributed by atoms with Crippen LogP contribution >= 0.6 is 0 Å². The molecule has 0 aliphatic rings. The average molecular weight is 416 g/mol. The summed E-state index contributed by atoms with van der Waals surface area (Å²) < 4.78 is 10.5. The number of carbonyl (C=O) groups excluding carboxylic acids is 2. The maximum absolute atomic E-state index is 12.6. The summed E-state index contributed by atoms with van der Waals surface area (Å²) in [5.74, 6) is 0.631. The monoisotopic (exact) mass is 416 g/mol. The highest BCUT2D eigenvalue weighted by Gasteiger charge is 2.12. The molecule has 0 bridgehead atoms. The molecule has 0 unspecified atom stereocenters. The highest BCUT2D eigenvalue weighted by molar-refractivity contribution is 6.07. The van der Waals surface area contributed by atoms with Crippen LogP contribution in [0, 0.1) is 0 Å². The molecule has 6 nitrogen and oxygen atoms in total. The second-order valence-corrected chi connectivity index (χ2v) is 6.68. The lowest BCUT2D eigenvalue weighted by molar-refractivity contribution is -0.111. The molecule has 0 radical (unpaired) electrons. The lowest BCUT2D eigenvalue weighted by atomic mass is 10.1. The first kappa shape index (κ1) is 21.6. The van der Waals surface area contributed by atoms with Gasteiger partial charge in [0.1, 0.15) is 11.5 Å². The number of benzene rings is 3. The van der Waals surface area contributed by atoms with E-state index in [0.29, 0.717) is 29.3 Å². The predicted octanol–water partition coefficient (Wildman–Crippen LogP) is 4.29. The first-order valence-electron chi connectivity index (χ1n) is 9.72. The van der Waals surface area contributed by atoms with Gasteiger partial charge >= 0.3 is 0 Å². The molecule has 3 rings (SSSR count). The van der Waals surface area contributed by atoms with E-state index in [1.54, 1.807) is 62.8 Å². The number of para-hydroxylation sites is 1. The molecular weight excluding hydrogens is 392 g/mol. The summed E-state index contributed by atoms with van der Waals surface area (Å²) in [6.07, 6.45) is 3.05. The molecule has 0 fully saturated rings. The van der Waals surface area contributed by atoms with Crippen LogP contribution in [0.25, 0.3) is 6.08 Å². The van der Waals surface area contributed by atoms with Gasteiger partial charge in [-0.05, 0) is 41.5 Å². The quantitative estimate of drug-likeness (QED) is 0.537. The number of methoxy groups -OCH3 is 2. The topological polar surface area (TPSA) is 76.7 Å². The number of hydrogen-bond acceptors (Lipinski definition) is 4.